The number of carbonyl (C=O) groups excluding carboxylic acids is 1. The van der Waals surface area contributed by atoms with Crippen molar-refractivity contribution in [1.82, 2.24) is 19.7 Å². The van der Waals surface area contributed by atoms with Crippen LogP contribution in [0.5, 0.6) is 0 Å². The van der Waals surface area contributed by atoms with Crippen molar-refractivity contribution in [3.8, 4) is 5.69 Å². The molecule has 4 rings (SSSR count). The maximum atomic E-state index is 13.5. The van der Waals surface area contributed by atoms with Gasteiger partial charge in [-0.1, -0.05) is 25.1 Å². The molecule has 0 bridgehead atoms. The van der Waals surface area contributed by atoms with Gasteiger partial charge in [0.1, 0.15) is 0 Å². The zero-order valence-corrected chi connectivity index (χ0v) is 16.3. The van der Waals surface area contributed by atoms with Crippen LogP contribution in [0.1, 0.15) is 54.9 Å². The van der Waals surface area contributed by atoms with Crippen molar-refractivity contribution in [3.63, 3.8) is 0 Å². The van der Waals surface area contributed by atoms with E-state index in [1.54, 1.807) is 0 Å². The van der Waals surface area contributed by atoms with Gasteiger partial charge in [0.15, 0.2) is 5.65 Å². The summed E-state index contributed by atoms with van der Waals surface area (Å²) in [6.07, 6.45) is 4.13. The van der Waals surface area contributed by atoms with Crippen LogP contribution < -0.4 is 0 Å². The highest BCUT2D eigenvalue weighted by molar-refractivity contribution is 6.07. The van der Waals surface area contributed by atoms with Crippen LogP contribution in [0.4, 0.5) is 0 Å². The standard InChI is InChI=1S/C22H26N4O/c1-4-17-14-19(22(27)25-13-9-8-10-15(25)2)20-16(3)24-26(21(20)23-17)18-11-6-5-7-12-18/h5-7,11-12,14-15H,4,8-10,13H2,1-3H3/t15-/m0/s1. The first-order valence-electron chi connectivity index (χ1n) is 9.85. The predicted octanol–water partition coefficient (Wildman–Crippen LogP) is 4.31. The fraction of sp³-hybridized carbons (Fsp3) is 0.409. The smallest absolute Gasteiger partial charge is 0.254 e. The number of pyridine rings is 1. The molecule has 0 aliphatic carbocycles. The van der Waals surface area contributed by atoms with Gasteiger partial charge in [-0.25, -0.2) is 9.67 Å². The number of nitrogens with zero attached hydrogens (tertiary/aromatic N) is 4. The molecule has 140 valence electrons. The molecule has 0 saturated carbocycles. The fourth-order valence-corrected chi connectivity index (χ4v) is 3.99. The molecule has 0 spiro atoms. The number of piperidine rings is 1. The summed E-state index contributed by atoms with van der Waals surface area (Å²) < 4.78 is 1.86. The second kappa shape index (κ2) is 7.14. The number of aromatic nitrogens is 3. The average Bonchev–Trinajstić information content (AvgIpc) is 3.04. The monoisotopic (exact) mass is 362 g/mol. The number of rotatable bonds is 3. The maximum absolute atomic E-state index is 13.5. The first-order chi connectivity index (χ1) is 13.1. The maximum Gasteiger partial charge on any atom is 0.254 e. The molecular weight excluding hydrogens is 336 g/mol. The normalized spacial score (nSPS) is 17.4. The van der Waals surface area contributed by atoms with Crippen LogP contribution in [0.3, 0.4) is 0 Å². The summed E-state index contributed by atoms with van der Waals surface area (Å²) in [6, 6.07) is 12.2. The molecular formula is C22H26N4O. The highest BCUT2D eigenvalue weighted by Gasteiger charge is 2.28. The number of fused-ring (bicyclic) bond motifs is 1. The SMILES string of the molecule is CCc1cc(C(=O)N2CCCC[C@@H]2C)c2c(C)nn(-c3ccccc3)c2n1. The molecule has 0 radical (unpaired) electrons. The quantitative estimate of drug-likeness (QED) is 0.698. The van der Waals surface area contributed by atoms with E-state index in [9.17, 15) is 4.79 Å². The number of para-hydroxylation sites is 1. The van der Waals surface area contributed by atoms with E-state index in [1.165, 1.54) is 6.42 Å². The Kier molecular flexibility index (Phi) is 4.68. The Hall–Kier alpha value is -2.69. The first-order valence-corrected chi connectivity index (χ1v) is 9.85. The topological polar surface area (TPSA) is 51.0 Å². The van der Waals surface area contributed by atoms with Gasteiger partial charge in [0.25, 0.3) is 5.91 Å². The molecule has 1 aliphatic heterocycles. The molecule has 2 aromatic heterocycles. The third-order valence-electron chi connectivity index (χ3n) is 5.52. The van der Waals surface area contributed by atoms with Crippen molar-refractivity contribution < 1.29 is 4.79 Å². The summed E-state index contributed by atoms with van der Waals surface area (Å²) in [5, 5.41) is 5.60. The van der Waals surface area contributed by atoms with Crippen molar-refractivity contribution in [3.05, 3.63) is 53.3 Å². The summed E-state index contributed by atoms with van der Waals surface area (Å²) in [6.45, 7) is 7.01. The number of likely N-dealkylation sites (tertiary alicyclic amines) is 1. The summed E-state index contributed by atoms with van der Waals surface area (Å²) in [7, 11) is 0. The second-order valence-corrected chi connectivity index (χ2v) is 7.39. The Morgan fingerprint density at radius 3 is 2.70 bits per heavy atom. The molecule has 1 saturated heterocycles. The highest BCUT2D eigenvalue weighted by atomic mass is 16.2. The summed E-state index contributed by atoms with van der Waals surface area (Å²) in [5.74, 6) is 0.111. The molecule has 3 aromatic rings. The van der Waals surface area contributed by atoms with Crippen LogP contribution >= 0.6 is 0 Å². The lowest BCUT2D eigenvalue weighted by molar-refractivity contribution is 0.0637. The van der Waals surface area contributed by atoms with Gasteiger partial charge in [-0.2, -0.15) is 5.10 Å². The number of benzene rings is 1. The molecule has 3 heterocycles. The molecule has 27 heavy (non-hydrogen) atoms. The highest BCUT2D eigenvalue weighted by Crippen LogP contribution is 2.28. The van der Waals surface area contributed by atoms with E-state index in [1.807, 2.05) is 52.9 Å². The molecule has 1 aliphatic rings. The predicted molar refractivity (Wildman–Crippen MR) is 107 cm³/mol. The van der Waals surface area contributed by atoms with Crippen molar-refractivity contribution in [2.45, 2.75) is 52.5 Å². The van der Waals surface area contributed by atoms with E-state index in [4.69, 9.17) is 10.1 Å². The minimum Gasteiger partial charge on any atom is -0.336 e. The Balaban J connectivity index is 1.90. The van der Waals surface area contributed by atoms with E-state index < -0.39 is 0 Å². The van der Waals surface area contributed by atoms with E-state index in [-0.39, 0.29) is 11.9 Å². The van der Waals surface area contributed by atoms with Gasteiger partial charge in [-0.05, 0) is 57.7 Å². The van der Waals surface area contributed by atoms with Crippen molar-refractivity contribution in [1.29, 1.82) is 0 Å². The first kappa shape index (κ1) is 17.7. The van der Waals surface area contributed by atoms with Crippen molar-refractivity contribution >= 4 is 16.9 Å². The summed E-state index contributed by atoms with van der Waals surface area (Å²) >= 11 is 0. The van der Waals surface area contributed by atoms with Gasteiger partial charge in [0.2, 0.25) is 0 Å². The molecule has 1 atom stereocenters. The number of hydrogen-bond donors (Lipinski definition) is 0. The lowest BCUT2D eigenvalue weighted by Gasteiger charge is -2.33. The van der Waals surface area contributed by atoms with Gasteiger partial charge in [0, 0.05) is 18.3 Å². The van der Waals surface area contributed by atoms with Crippen LogP contribution in [0.25, 0.3) is 16.7 Å². The van der Waals surface area contributed by atoms with Crippen LogP contribution in [-0.2, 0) is 6.42 Å². The van der Waals surface area contributed by atoms with Gasteiger partial charge < -0.3 is 4.90 Å². The van der Waals surface area contributed by atoms with Crippen LogP contribution in [0.15, 0.2) is 36.4 Å². The third-order valence-corrected chi connectivity index (χ3v) is 5.52. The van der Waals surface area contributed by atoms with Gasteiger partial charge in [-0.3, -0.25) is 4.79 Å². The zero-order chi connectivity index (χ0) is 19.0. The number of amides is 1. The van der Waals surface area contributed by atoms with E-state index >= 15 is 0 Å². The Bertz CT molecular complexity index is 977. The lowest BCUT2D eigenvalue weighted by Crippen LogP contribution is -2.42. The molecule has 1 amide bonds. The lowest BCUT2D eigenvalue weighted by atomic mass is 10.0. The molecule has 5 heteroatoms. The second-order valence-electron chi connectivity index (χ2n) is 7.39. The molecule has 5 nitrogen and oxygen atoms in total. The number of hydrogen-bond acceptors (Lipinski definition) is 3. The van der Waals surface area contributed by atoms with Gasteiger partial charge in [-0.15, -0.1) is 0 Å². The summed E-state index contributed by atoms with van der Waals surface area (Å²) in [4.78, 5) is 20.3. The van der Waals surface area contributed by atoms with E-state index in [0.717, 1.165) is 59.5 Å². The number of aryl methyl sites for hydroxylation is 2. The Morgan fingerprint density at radius 1 is 1.22 bits per heavy atom. The largest absolute Gasteiger partial charge is 0.336 e. The Morgan fingerprint density at radius 2 is 2.00 bits per heavy atom. The van der Waals surface area contributed by atoms with Crippen molar-refractivity contribution in [2.75, 3.05) is 6.54 Å². The summed E-state index contributed by atoms with van der Waals surface area (Å²) in [5.41, 5.74) is 4.24. The van der Waals surface area contributed by atoms with Gasteiger partial charge in [0.05, 0.1) is 22.3 Å². The average molecular weight is 362 g/mol. The Labute approximate surface area is 160 Å². The fourth-order valence-electron chi connectivity index (χ4n) is 3.99. The minimum absolute atomic E-state index is 0.111. The van der Waals surface area contributed by atoms with E-state index in [0.29, 0.717) is 0 Å². The molecule has 0 N–H and O–H groups in total. The zero-order valence-electron chi connectivity index (χ0n) is 16.3. The number of carbonyl (C=O) groups is 1. The van der Waals surface area contributed by atoms with Crippen LogP contribution in [-0.4, -0.2) is 38.2 Å². The molecule has 1 fully saturated rings. The minimum atomic E-state index is 0.111. The van der Waals surface area contributed by atoms with Crippen LogP contribution in [0, 0.1) is 6.92 Å². The third kappa shape index (κ3) is 3.11. The molecule has 1 aromatic carbocycles. The van der Waals surface area contributed by atoms with Crippen LogP contribution in [0.2, 0.25) is 0 Å². The van der Waals surface area contributed by atoms with E-state index in [2.05, 4.69) is 13.8 Å². The molecule has 0 unspecified atom stereocenters. The van der Waals surface area contributed by atoms with Gasteiger partial charge >= 0.3 is 0 Å². The van der Waals surface area contributed by atoms with Crippen molar-refractivity contribution in [2.24, 2.45) is 0 Å².